The second-order valence-electron chi connectivity index (χ2n) is 6.70. The predicted molar refractivity (Wildman–Crippen MR) is 81.9 cm³/mol. The molecule has 2 fully saturated rings. The fourth-order valence-corrected chi connectivity index (χ4v) is 3.90. The van der Waals surface area contributed by atoms with E-state index in [1.807, 2.05) is 4.90 Å². The smallest absolute Gasteiger partial charge is 0.281 e. The number of carbonyl (C=O) groups excluding carboxylic acids is 1. The van der Waals surface area contributed by atoms with Gasteiger partial charge in [-0.15, -0.1) is 0 Å². The quantitative estimate of drug-likeness (QED) is 0.752. The van der Waals surface area contributed by atoms with Crippen LogP contribution in [-0.4, -0.2) is 67.6 Å². The zero-order valence-electron chi connectivity index (χ0n) is 13.4. The number of hydrogen-bond donors (Lipinski definition) is 0. The first kappa shape index (κ1) is 16.7. The Balaban J connectivity index is 2.22. The van der Waals surface area contributed by atoms with Crippen LogP contribution in [0.3, 0.4) is 0 Å². The monoisotopic (exact) mass is 317 g/mol. The van der Waals surface area contributed by atoms with Crippen LogP contribution in [-0.2, 0) is 15.0 Å². The maximum atomic E-state index is 12.4. The zero-order chi connectivity index (χ0) is 15.8. The second kappa shape index (κ2) is 6.22. The molecular formula is C14H27N3O3S. The van der Waals surface area contributed by atoms with Gasteiger partial charge in [0, 0.05) is 46.2 Å². The van der Waals surface area contributed by atoms with E-state index in [9.17, 15) is 13.2 Å². The Morgan fingerprint density at radius 2 is 1.90 bits per heavy atom. The van der Waals surface area contributed by atoms with Gasteiger partial charge in [-0.05, 0) is 24.7 Å². The summed E-state index contributed by atoms with van der Waals surface area (Å²) in [4.78, 5) is 14.4. The van der Waals surface area contributed by atoms with E-state index < -0.39 is 10.2 Å². The van der Waals surface area contributed by atoms with Gasteiger partial charge in [0.1, 0.15) is 0 Å². The Morgan fingerprint density at radius 3 is 2.38 bits per heavy atom. The third-order valence-corrected chi connectivity index (χ3v) is 6.30. The highest BCUT2D eigenvalue weighted by Crippen LogP contribution is 2.32. The summed E-state index contributed by atoms with van der Waals surface area (Å²) in [6.07, 6.45) is 2.66. The molecule has 1 aliphatic heterocycles. The molecule has 0 radical (unpaired) electrons. The molecule has 1 heterocycles. The largest absolute Gasteiger partial charge is 0.338 e. The summed E-state index contributed by atoms with van der Waals surface area (Å²) in [5.74, 6) is 0.954. The molecule has 2 rings (SSSR count). The van der Waals surface area contributed by atoms with E-state index in [4.69, 9.17) is 0 Å². The number of rotatable bonds is 5. The van der Waals surface area contributed by atoms with Crippen molar-refractivity contribution in [2.45, 2.75) is 39.2 Å². The van der Waals surface area contributed by atoms with Crippen LogP contribution in [0.15, 0.2) is 0 Å². The molecule has 0 unspecified atom stereocenters. The van der Waals surface area contributed by atoms with Crippen molar-refractivity contribution in [3.8, 4) is 0 Å². The summed E-state index contributed by atoms with van der Waals surface area (Å²) in [6, 6.07) is -0.0321. The zero-order valence-corrected chi connectivity index (χ0v) is 14.3. The SMILES string of the molecule is CC(C)[C@H]1CN(S(=O)(=O)N(C)C)CCC(=O)N1CC1CC1. The topological polar surface area (TPSA) is 60.9 Å². The minimum atomic E-state index is -3.46. The van der Waals surface area contributed by atoms with Gasteiger partial charge in [-0.25, -0.2) is 0 Å². The van der Waals surface area contributed by atoms with Gasteiger partial charge in [0.05, 0.1) is 0 Å². The number of amides is 1. The van der Waals surface area contributed by atoms with Crippen LogP contribution in [0.1, 0.15) is 33.1 Å². The van der Waals surface area contributed by atoms with Gasteiger partial charge in [-0.3, -0.25) is 4.79 Å². The molecule has 1 atom stereocenters. The van der Waals surface area contributed by atoms with Crippen molar-refractivity contribution in [3.63, 3.8) is 0 Å². The maximum Gasteiger partial charge on any atom is 0.281 e. The lowest BCUT2D eigenvalue weighted by molar-refractivity contribution is -0.133. The molecule has 1 amide bonds. The van der Waals surface area contributed by atoms with E-state index in [0.717, 1.165) is 6.54 Å². The van der Waals surface area contributed by atoms with Gasteiger partial charge in [-0.2, -0.15) is 17.0 Å². The van der Waals surface area contributed by atoms with Crippen LogP contribution in [0.25, 0.3) is 0 Å². The second-order valence-corrected chi connectivity index (χ2v) is 8.84. The highest BCUT2D eigenvalue weighted by atomic mass is 32.2. The van der Waals surface area contributed by atoms with E-state index in [0.29, 0.717) is 12.5 Å². The lowest BCUT2D eigenvalue weighted by Crippen LogP contribution is -2.49. The van der Waals surface area contributed by atoms with Crippen molar-refractivity contribution in [3.05, 3.63) is 0 Å². The van der Waals surface area contributed by atoms with Crippen LogP contribution < -0.4 is 0 Å². The molecule has 122 valence electrons. The van der Waals surface area contributed by atoms with Gasteiger partial charge >= 0.3 is 0 Å². The summed E-state index contributed by atoms with van der Waals surface area (Å²) in [5.41, 5.74) is 0. The molecule has 0 N–H and O–H groups in total. The standard InChI is InChI=1S/C14H27N3O3S/c1-11(2)13-10-16(21(19,20)15(3)4)8-7-14(18)17(13)9-12-5-6-12/h11-13H,5-10H2,1-4H3/t13-/m1/s1. The predicted octanol–water partition coefficient (Wildman–Crippen LogP) is 0.762. The molecule has 0 aromatic rings. The third kappa shape index (κ3) is 3.76. The van der Waals surface area contributed by atoms with Crippen LogP contribution in [0, 0.1) is 11.8 Å². The van der Waals surface area contributed by atoms with Crippen LogP contribution >= 0.6 is 0 Å². The van der Waals surface area contributed by atoms with Gasteiger partial charge in [0.15, 0.2) is 0 Å². The molecule has 0 aromatic heterocycles. The molecular weight excluding hydrogens is 290 g/mol. The molecule has 7 heteroatoms. The minimum absolute atomic E-state index is 0.0321. The molecule has 1 saturated carbocycles. The molecule has 1 saturated heterocycles. The highest BCUT2D eigenvalue weighted by Gasteiger charge is 2.38. The Hall–Kier alpha value is -0.660. The first-order valence-electron chi connectivity index (χ1n) is 7.70. The van der Waals surface area contributed by atoms with Crippen molar-refractivity contribution in [1.82, 2.24) is 13.5 Å². The van der Waals surface area contributed by atoms with E-state index in [-0.39, 0.29) is 30.8 Å². The molecule has 21 heavy (non-hydrogen) atoms. The minimum Gasteiger partial charge on any atom is -0.338 e. The van der Waals surface area contributed by atoms with Crippen molar-refractivity contribution < 1.29 is 13.2 Å². The number of carbonyl (C=O) groups is 1. The van der Waals surface area contributed by atoms with Crippen molar-refractivity contribution in [1.29, 1.82) is 0 Å². The molecule has 6 nitrogen and oxygen atoms in total. The van der Waals surface area contributed by atoms with Crippen LogP contribution in [0.4, 0.5) is 0 Å². The Morgan fingerprint density at radius 1 is 1.29 bits per heavy atom. The van der Waals surface area contributed by atoms with E-state index in [2.05, 4.69) is 13.8 Å². The third-order valence-electron chi connectivity index (χ3n) is 4.40. The van der Waals surface area contributed by atoms with E-state index in [1.54, 1.807) is 0 Å². The number of hydrogen-bond acceptors (Lipinski definition) is 3. The summed E-state index contributed by atoms with van der Waals surface area (Å²) in [5, 5.41) is 0. The summed E-state index contributed by atoms with van der Waals surface area (Å²) < 4.78 is 27.4. The average molecular weight is 317 g/mol. The first-order valence-corrected chi connectivity index (χ1v) is 9.10. The van der Waals surface area contributed by atoms with Crippen molar-refractivity contribution >= 4 is 16.1 Å². The molecule has 0 bridgehead atoms. The summed E-state index contributed by atoms with van der Waals surface area (Å²) in [7, 11) is -0.389. The van der Waals surface area contributed by atoms with E-state index in [1.165, 1.54) is 35.5 Å². The maximum absolute atomic E-state index is 12.4. The Bertz CT molecular complexity index is 486. The lowest BCUT2D eigenvalue weighted by Gasteiger charge is -2.35. The van der Waals surface area contributed by atoms with Crippen molar-refractivity contribution in [2.75, 3.05) is 33.7 Å². The Kier molecular flexibility index (Phi) is 4.95. The highest BCUT2D eigenvalue weighted by molar-refractivity contribution is 7.86. The van der Waals surface area contributed by atoms with Crippen LogP contribution in [0.2, 0.25) is 0 Å². The van der Waals surface area contributed by atoms with Gasteiger partial charge in [0.2, 0.25) is 5.91 Å². The van der Waals surface area contributed by atoms with Crippen LogP contribution in [0.5, 0.6) is 0 Å². The molecule has 1 aliphatic carbocycles. The van der Waals surface area contributed by atoms with Gasteiger partial charge in [-0.1, -0.05) is 13.8 Å². The molecule has 2 aliphatic rings. The van der Waals surface area contributed by atoms with Gasteiger partial charge in [0.25, 0.3) is 10.2 Å². The fraction of sp³-hybridized carbons (Fsp3) is 0.929. The fourth-order valence-electron chi connectivity index (χ4n) is 2.77. The normalized spacial score (nSPS) is 25.7. The number of nitrogens with zero attached hydrogens (tertiary/aromatic N) is 3. The Labute approximate surface area is 128 Å². The molecule has 0 spiro atoms. The molecule has 0 aromatic carbocycles. The average Bonchev–Trinajstić information content (AvgIpc) is 3.19. The lowest BCUT2D eigenvalue weighted by atomic mass is 10.0. The van der Waals surface area contributed by atoms with Gasteiger partial charge < -0.3 is 4.90 Å². The first-order chi connectivity index (χ1) is 9.73. The van der Waals surface area contributed by atoms with Crippen molar-refractivity contribution in [2.24, 2.45) is 11.8 Å². The summed E-state index contributed by atoms with van der Waals surface area (Å²) in [6.45, 7) is 5.59. The van der Waals surface area contributed by atoms with E-state index >= 15 is 0 Å². The summed E-state index contributed by atoms with van der Waals surface area (Å²) >= 11 is 0.